The van der Waals surface area contributed by atoms with Crippen molar-refractivity contribution in [1.29, 1.82) is 0 Å². The van der Waals surface area contributed by atoms with E-state index in [9.17, 15) is 4.21 Å². The molecule has 3 nitrogen and oxygen atoms in total. The summed E-state index contributed by atoms with van der Waals surface area (Å²) in [5.41, 5.74) is 1.25. The van der Waals surface area contributed by atoms with E-state index in [0.717, 1.165) is 48.7 Å². The van der Waals surface area contributed by atoms with Crippen LogP contribution in [0.1, 0.15) is 50.0 Å². The second-order valence-corrected chi connectivity index (χ2v) is 7.71. The zero-order chi connectivity index (χ0) is 14.7. The summed E-state index contributed by atoms with van der Waals surface area (Å²) in [6, 6.07) is 6.22. The van der Waals surface area contributed by atoms with Gasteiger partial charge in [0.15, 0.2) is 11.5 Å². The molecule has 0 bridgehead atoms. The van der Waals surface area contributed by atoms with Crippen LogP contribution in [0.5, 0.6) is 11.5 Å². The van der Waals surface area contributed by atoms with E-state index in [-0.39, 0.29) is 0 Å². The normalized spacial score (nSPS) is 26.7. The molecule has 0 amide bonds. The third-order valence-corrected chi connectivity index (χ3v) is 6.08. The minimum atomic E-state index is -0.661. The van der Waals surface area contributed by atoms with Gasteiger partial charge in [-0.1, -0.05) is 6.07 Å². The SMILES string of the molecule is COc1ccc([C@@H]2CCC[S@@](=O)C2)cc1OC1CCCC1. The number of hydrogen-bond donors (Lipinski definition) is 0. The number of ether oxygens (including phenoxy) is 2. The Hall–Kier alpha value is -1.03. The first-order chi connectivity index (χ1) is 10.3. The first kappa shape index (κ1) is 14.9. The average molecular weight is 308 g/mol. The summed E-state index contributed by atoms with van der Waals surface area (Å²) in [4.78, 5) is 0. The standard InChI is InChI=1S/C17H24O3S/c1-19-16-9-8-13(14-5-4-10-21(18)12-14)11-17(16)20-15-6-2-3-7-15/h8-9,11,14-15H,2-7,10,12H2,1H3/t14-,21-/m1/s1. The van der Waals surface area contributed by atoms with Gasteiger partial charge in [-0.15, -0.1) is 0 Å². The van der Waals surface area contributed by atoms with Crippen LogP contribution in [0.15, 0.2) is 18.2 Å². The largest absolute Gasteiger partial charge is 0.493 e. The van der Waals surface area contributed by atoms with Gasteiger partial charge in [-0.3, -0.25) is 4.21 Å². The number of rotatable bonds is 4. The van der Waals surface area contributed by atoms with Crippen molar-refractivity contribution >= 4 is 10.8 Å². The Kier molecular flexibility index (Phi) is 4.84. The molecule has 1 aliphatic carbocycles. The summed E-state index contributed by atoms with van der Waals surface area (Å²) in [7, 11) is 1.03. The van der Waals surface area contributed by atoms with Gasteiger partial charge in [0.05, 0.1) is 13.2 Å². The Bertz CT molecular complexity index is 509. The van der Waals surface area contributed by atoms with Crippen LogP contribution in [0.25, 0.3) is 0 Å². The molecule has 116 valence electrons. The van der Waals surface area contributed by atoms with E-state index in [4.69, 9.17) is 9.47 Å². The molecule has 1 heterocycles. The van der Waals surface area contributed by atoms with Crippen LogP contribution in [0.3, 0.4) is 0 Å². The van der Waals surface area contributed by atoms with Gasteiger partial charge in [-0.05, 0) is 62.1 Å². The van der Waals surface area contributed by atoms with Crippen LogP contribution in [0, 0.1) is 0 Å². The van der Waals surface area contributed by atoms with Crippen molar-refractivity contribution in [1.82, 2.24) is 0 Å². The molecule has 1 aliphatic heterocycles. The lowest BCUT2D eigenvalue weighted by atomic mass is 9.95. The minimum Gasteiger partial charge on any atom is -0.493 e. The fourth-order valence-corrected chi connectivity index (χ4v) is 4.83. The molecule has 0 spiro atoms. The monoisotopic (exact) mass is 308 g/mol. The predicted octanol–water partition coefficient (Wildman–Crippen LogP) is 3.64. The van der Waals surface area contributed by atoms with Crippen LogP contribution in [0.4, 0.5) is 0 Å². The molecule has 1 aromatic carbocycles. The highest BCUT2D eigenvalue weighted by Gasteiger charge is 2.23. The number of methoxy groups -OCH3 is 1. The fourth-order valence-electron chi connectivity index (χ4n) is 3.37. The number of benzene rings is 1. The zero-order valence-corrected chi connectivity index (χ0v) is 13.5. The number of hydrogen-bond acceptors (Lipinski definition) is 3. The molecule has 1 saturated heterocycles. The van der Waals surface area contributed by atoms with Crippen molar-refractivity contribution in [2.75, 3.05) is 18.6 Å². The summed E-state index contributed by atoms with van der Waals surface area (Å²) in [5.74, 6) is 3.71. The molecule has 0 radical (unpaired) electrons. The van der Waals surface area contributed by atoms with Crippen molar-refractivity contribution in [3.8, 4) is 11.5 Å². The highest BCUT2D eigenvalue weighted by Crippen LogP contribution is 2.36. The van der Waals surface area contributed by atoms with Crippen LogP contribution in [-0.4, -0.2) is 28.9 Å². The zero-order valence-electron chi connectivity index (χ0n) is 12.7. The molecule has 4 heteroatoms. The van der Waals surface area contributed by atoms with Gasteiger partial charge in [-0.2, -0.15) is 0 Å². The molecule has 1 aromatic rings. The molecule has 21 heavy (non-hydrogen) atoms. The smallest absolute Gasteiger partial charge is 0.161 e. The Morgan fingerprint density at radius 3 is 2.62 bits per heavy atom. The van der Waals surface area contributed by atoms with E-state index >= 15 is 0 Å². The molecular formula is C17H24O3S. The van der Waals surface area contributed by atoms with E-state index in [1.807, 2.05) is 6.07 Å². The van der Waals surface area contributed by atoms with Crippen molar-refractivity contribution < 1.29 is 13.7 Å². The highest BCUT2D eigenvalue weighted by molar-refractivity contribution is 7.85. The Morgan fingerprint density at radius 1 is 1.10 bits per heavy atom. The van der Waals surface area contributed by atoms with Gasteiger partial charge in [0.1, 0.15) is 0 Å². The van der Waals surface area contributed by atoms with Gasteiger partial charge in [0.25, 0.3) is 0 Å². The van der Waals surface area contributed by atoms with Crippen molar-refractivity contribution in [3.63, 3.8) is 0 Å². The maximum Gasteiger partial charge on any atom is 0.161 e. The van der Waals surface area contributed by atoms with Crippen molar-refractivity contribution in [3.05, 3.63) is 23.8 Å². The molecule has 2 fully saturated rings. The highest BCUT2D eigenvalue weighted by atomic mass is 32.2. The quantitative estimate of drug-likeness (QED) is 0.852. The first-order valence-electron chi connectivity index (χ1n) is 7.96. The van der Waals surface area contributed by atoms with Crippen LogP contribution in [0.2, 0.25) is 0 Å². The second kappa shape index (κ2) is 6.82. The second-order valence-electron chi connectivity index (χ2n) is 6.08. The molecule has 1 saturated carbocycles. The van der Waals surface area contributed by atoms with E-state index in [1.165, 1.54) is 18.4 Å². The molecular weight excluding hydrogens is 284 g/mol. The molecule has 0 unspecified atom stereocenters. The van der Waals surface area contributed by atoms with Gasteiger partial charge in [0.2, 0.25) is 0 Å². The average Bonchev–Trinajstić information content (AvgIpc) is 3.00. The molecule has 3 rings (SSSR count). The van der Waals surface area contributed by atoms with Crippen molar-refractivity contribution in [2.24, 2.45) is 0 Å². The van der Waals surface area contributed by atoms with Crippen LogP contribution in [-0.2, 0) is 10.8 Å². The molecule has 2 atom stereocenters. The van der Waals surface area contributed by atoms with E-state index in [0.29, 0.717) is 12.0 Å². The minimum absolute atomic E-state index is 0.328. The third-order valence-electron chi connectivity index (χ3n) is 4.57. The Morgan fingerprint density at radius 2 is 1.90 bits per heavy atom. The lowest BCUT2D eigenvalue weighted by Crippen LogP contribution is -2.19. The lowest BCUT2D eigenvalue weighted by molar-refractivity contribution is 0.200. The summed E-state index contributed by atoms with van der Waals surface area (Å²) in [6.07, 6.45) is 7.31. The summed E-state index contributed by atoms with van der Waals surface area (Å²) in [6.45, 7) is 0. The van der Waals surface area contributed by atoms with Crippen LogP contribution >= 0.6 is 0 Å². The Labute approximate surface area is 129 Å². The fraction of sp³-hybridized carbons (Fsp3) is 0.647. The summed E-state index contributed by atoms with van der Waals surface area (Å²) < 4.78 is 23.4. The maximum atomic E-state index is 11.8. The molecule has 2 aliphatic rings. The van der Waals surface area contributed by atoms with Crippen LogP contribution < -0.4 is 9.47 Å². The first-order valence-corrected chi connectivity index (χ1v) is 9.44. The Balaban J connectivity index is 1.79. The third kappa shape index (κ3) is 3.60. The summed E-state index contributed by atoms with van der Waals surface area (Å²) in [5, 5.41) is 0. The van der Waals surface area contributed by atoms with Gasteiger partial charge in [-0.25, -0.2) is 0 Å². The lowest BCUT2D eigenvalue weighted by Gasteiger charge is -2.23. The maximum absolute atomic E-state index is 11.8. The topological polar surface area (TPSA) is 35.5 Å². The van der Waals surface area contributed by atoms with E-state index in [1.54, 1.807) is 7.11 Å². The molecule has 0 N–H and O–H groups in total. The van der Waals surface area contributed by atoms with Crippen molar-refractivity contribution in [2.45, 2.75) is 50.5 Å². The predicted molar refractivity (Wildman–Crippen MR) is 85.7 cm³/mol. The van der Waals surface area contributed by atoms with Gasteiger partial charge < -0.3 is 9.47 Å². The van der Waals surface area contributed by atoms with Gasteiger partial charge >= 0.3 is 0 Å². The van der Waals surface area contributed by atoms with E-state index < -0.39 is 10.8 Å². The summed E-state index contributed by atoms with van der Waals surface area (Å²) >= 11 is 0. The van der Waals surface area contributed by atoms with E-state index in [2.05, 4.69) is 12.1 Å². The molecule has 0 aromatic heterocycles. The van der Waals surface area contributed by atoms with Gasteiger partial charge in [0, 0.05) is 22.3 Å².